The van der Waals surface area contributed by atoms with Crippen LogP contribution in [0.5, 0.6) is 0 Å². The molecule has 0 saturated carbocycles. The molecule has 1 fully saturated rings. The maximum Gasteiger partial charge on any atom is 0.236 e. The lowest BCUT2D eigenvalue weighted by atomic mass is 9.86. The molecule has 11 heteroatoms. The highest BCUT2D eigenvalue weighted by Crippen LogP contribution is 2.33. The Kier molecular flexibility index (Phi) is 7.61. The van der Waals surface area contributed by atoms with Crippen LogP contribution in [0.1, 0.15) is 35.6 Å². The summed E-state index contributed by atoms with van der Waals surface area (Å²) < 4.78 is 15.9. The van der Waals surface area contributed by atoms with Gasteiger partial charge in [-0.2, -0.15) is 10.1 Å². The van der Waals surface area contributed by atoms with Crippen molar-refractivity contribution in [1.82, 2.24) is 30.4 Å². The maximum atomic E-state index is 15.1. The van der Waals surface area contributed by atoms with Crippen molar-refractivity contribution in [1.29, 1.82) is 0 Å². The number of anilines is 4. The maximum absolute atomic E-state index is 15.1. The zero-order chi connectivity index (χ0) is 24.2. The van der Waals surface area contributed by atoms with Gasteiger partial charge in [-0.1, -0.05) is 0 Å². The number of nitrogens with zero attached hydrogens (tertiary/aromatic N) is 4. The van der Waals surface area contributed by atoms with Crippen LogP contribution in [0.4, 0.5) is 27.7 Å². The molecule has 4 N–H and O–H groups in total. The largest absolute Gasteiger partial charge is 0.342 e. The summed E-state index contributed by atoms with van der Waals surface area (Å²) in [5, 5.41) is 16.1. The number of aromatic amines is 1. The highest BCUT2D eigenvalue weighted by molar-refractivity contribution is 14.1. The van der Waals surface area contributed by atoms with Crippen LogP contribution < -0.4 is 16.0 Å². The Hall–Kier alpha value is -2.80. The molecule has 1 aromatic carbocycles. The summed E-state index contributed by atoms with van der Waals surface area (Å²) >= 11 is 2.14. The third-order valence-electron chi connectivity index (χ3n) is 5.91. The molecule has 34 heavy (non-hydrogen) atoms. The lowest BCUT2D eigenvalue weighted by Crippen LogP contribution is -2.42. The Morgan fingerprint density at radius 2 is 2.00 bits per heavy atom. The van der Waals surface area contributed by atoms with Crippen LogP contribution in [0.2, 0.25) is 0 Å². The van der Waals surface area contributed by atoms with Gasteiger partial charge in [-0.05, 0) is 85.5 Å². The molecule has 0 atom stereocenters. The number of piperidine rings is 1. The van der Waals surface area contributed by atoms with Gasteiger partial charge < -0.3 is 20.9 Å². The van der Waals surface area contributed by atoms with Gasteiger partial charge in [0.05, 0.1) is 15.8 Å². The molecule has 3 aromatic rings. The minimum Gasteiger partial charge on any atom is -0.342 e. The van der Waals surface area contributed by atoms with E-state index in [1.165, 1.54) is 0 Å². The number of benzene rings is 1. The number of carbonyl (C=O) groups excluding carboxylic acids is 1. The molecule has 0 unspecified atom stereocenters. The molecular weight excluding hydrogens is 550 g/mol. The second-order valence-electron chi connectivity index (χ2n) is 8.45. The smallest absolute Gasteiger partial charge is 0.236 e. The van der Waals surface area contributed by atoms with Gasteiger partial charge in [0.15, 0.2) is 11.6 Å². The summed E-state index contributed by atoms with van der Waals surface area (Å²) in [6, 6.07) is 5.27. The van der Waals surface area contributed by atoms with Gasteiger partial charge in [-0.25, -0.2) is 9.37 Å². The van der Waals surface area contributed by atoms with Crippen molar-refractivity contribution in [2.75, 3.05) is 37.3 Å². The van der Waals surface area contributed by atoms with Crippen LogP contribution in [-0.2, 0) is 4.79 Å². The molecular formula is C23H28FIN8O. The molecule has 9 nitrogen and oxygen atoms in total. The van der Waals surface area contributed by atoms with Gasteiger partial charge in [0.1, 0.15) is 5.82 Å². The van der Waals surface area contributed by atoms with Crippen molar-refractivity contribution in [2.24, 2.45) is 0 Å². The minimum absolute atomic E-state index is 0.109. The zero-order valence-electron chi connectivity index (χ0n) is 19.4. The molecule has 1 aliphatic heterocycles. The fourth-order valence-corrected chi connectivity index (χ4v) is 4.57. The SMILES string of the molecule is CNCC(=O)N1CCC(c2cc(F)c(Nc3ncc(I)c(Nc4cc(C)[nH]n4)n3)cc2C)CC1. The highest BCUT2D eigenvalue weighted by atomic mass is 127. The van der Waals surface area contributed by atoms with Crippen molar-refractivity contribution in [3.05, 3.63) is 50.6 Å². The number of nitrogens with one attached hydrogen (secondary N) is 4. The first kappa shape index (κ1) is 24.3. The Balaban J connectivity index is 1.46. The fourth-order valence-electron chi connectivity index (χ4n) is 4.17. The number of rotatable bonds is 7. The molecule has 0 spiro atoms. The summed E-state index contributed by atoms with van der Waals surface area (Å²) in [5.74, 6) is 1.50. The number of H-pyrrole nitrogens is 1. The summed E-state index contributed by atoms with van der Waals surface area (Å²) in [6.07, 6.45) is 3.31. The Labute approximate surface area is 211 Å². The topological polar surface area (TPSA) is 111 Å². The molecule has 0 radical (unpaired) electrons. The van der Waals surface area contributed by atoms with Crippen LogP contribution >= 0.6 is 22.6 Å². The molecule has 2 aromatic heterocycles. The highest BCUT2D eigenvalue weighted by Gasteiger charge is 2.25. The predicted molar refractivity (Wildman–Crippen MR) is 138 cm³/mol. The first-order valence-corrected chi connectivity index (χ1v) is 12.2. The Morgan fingerprint density at radius 1 is 1.24 bits per heavy atom. The van der Waals surface area contributed by atoms with Gasteiger partial charge in [-0.15, -0.1) is 0 Å². The summed E-state index contributed by atoms with van der Waals surface area (Å²) in [7, 11) is 1.77. The van der Waals surface area contributed by atoms with E-state index in [2.05, 4.69) is 58.7 Å². The predicted octanol–water partition coefficient (Wildman–Crippen LogP) is 3.97. The second kappa shape index (κ2) is 10.6. The molecule has 0 aliphatic carbocycles. The Morgan fingerprint density at radius 3 is 2.68 bits per heavy atom. The van der Waals surface area contributed by atoms with Crippen LogP contribution in [-0.4, -0.2) is 57.7 Å². The molecule has 0 bridgehead atoms. The number of halogens is 2. The van der Waals surface area contributed by atoms with Crippen molar-refractivity contribution in [3.63, 3.8) is 0 Å². The van der Waals surface area contributed by atoms with Crippen molar-refractivity contribution < 1.29 is 9.18 Å². The van der Waals surface area contributed by atoms with E-state index >= 15 is 4.39 Å². The molecule has 4 rings (SSSR count). The standard InChI is InChI=1S/C23H28FIN8O/c1-13-8-19(17(24)10-16(13)15-4-6-33(7-5-15)21(34)12-26-3)28-23-27-11-18(25)22(30-23)29-20-9-14(2)31-32-20/h8-11,15,26H,4-7,12H2,1-3H3,(H3,27,28,29,30,31,32). The van der Waals surface area contributed by atoms with Crippen LogP contribution in [0.25, 0.3) is 0 Å². The molecule has 3 heterocycles. The normalized spacial score (nSPS) is 14.3. The van der Waals surface area contributed by atoms with E-state index < -0.39 is 0 Å². The number of amides is 1. The van der Waals surface area contributed by atoms with Crippen LogP contribution in [0, 0.1) is 23.2 Å². The van der Waals surface area contributed by atoms with E-state index in [1.54, 1.807) is 25.4 Å². The lowest BCUT2D eigenvalue weighted by Gasteiger charge is -2.33. The van der Waals surface area contributed by atoms with Crippen molar-refractivity contribution in [3.8, 4) is 0 Å². The third kappa shape index (κ3) is 5.63. The second-order valence-corrected chi connectivity index (χ2v) is 9.61. The van der Waals surface area contributed by atoms with Gasteiger partial charge in [0, 0.05) is 31.0 Å². The molecule has 1 aliphatic rings. The lowest BCUT2D eigenvalue weighted by molar-refractivity contribution is -0.131. The Bertz CT molecular complexity index is 1180. The van der Waals surface area contributed by atoms with Gasteiger partial charge in [0.2, 0.25) is 11.9 Å². The monoisotopic (exact) mass is 578 g/mol. The molecule has 1 amide bonds. The number of hydrogen-bond donors (Lipinski definition) is 4. The van der Waals surface area contributed by atoms with Gasteiger partial charge >= 0.3 is 0 Å². The third-order valence-corrected chi connectivity index (χ3v) is 6.70. The average Bonchev–Trinajstić information content (AvgIpc) is 3.23. The minimum atomic E-state index is -0.353. The average molecular weight is 578 g/mol. The van der Waals surface area contributed by atoms with Gasteiger partial charge in [0.25, 0.3) is 0 Å². The molecule has 180 valence electrons. The number of hydrogen-bond acceptors (Lipinski definition) is 7. The van der Waals surface area contributed by atoms with Crippen molar-refractivity contribution in [2.45, 2.75) is 32.6 Å². The number of carbonyl (C=O) groups is 1. The number of aromatic nitrogens is 4. The van der Waals surface area contributed by atoms with E-state index in [0.717, 1.165) is 33.2 Å². The number of likely N-dealkylation sites (tertiary alicyclic amines) is 1. The first-order chi connectivity index (χ1) is 16.3. The number of aryl methyl sites for hydroxylation is 2. The molecule has 1 saturated heterocycles. The van der Waals surface area contributed by atoms with E-state index in [-0.39, 0.29) is 23.6 Å². The quantitative estimate of drug-likeness (QED) is 0.314. The zero-order valence-corrected chi connectivity index (χ0v) is 21.5. The van der Waals surface area contributed by atoms with E-state index in [1.807, 2.05) is 24.8 Å². The van der Waals surface area contributed by atoms with Crippen molar-refractivity contribution >= 4 is 51.8 Å². The fraction of sp³-hybridized carbons (Fsp3) is 0.391. The van der Waals surface area contributed by atoms with E-state index in [4.69, 9.17) is 0 Å². The van der Waals surface area contributed by atoms with Crippen LogP contribution in [0.3, 0.4) is 0 Å². The summed E-state index contributed by atoms with van der Waals surface area (Å²) in [4.78, 5) is 22.8. The number of likely N-dealkylation sites (N-methyl/N-ethyl adjacent to an activating group) is 1. The van der Waals surface area contributed by atoms with E-state index in [9.17, 15) is 4.79 Å². The van der Waals surface area contributed by atoms with E-state index in [0.29, 0.717) is 37.0 Å². The summed E-state index contributed by atoms with van der Waals surface area (Å²) in [6.45, 7) is 5.62. The summed E-state index contributed by atoms with van der Waals surface area (Å²) in [5.41, 5.74) is 3.24. The first-order valence-electron chi connectivity index (χ1n) is 11.1. The van der Waals surface area contributed by atoms with Gasteiger partial charge in [-0.3, -0.25) is 9.89 Å². The van der Waals surface area contributed by atoms with Crippen LogP contribution in [0.15, 0.2) is 24.4 Å².